The van der Waals surface area contributed by atoms with E-state index in [1.165, 1.54) is 0 Å². The molecule has 0 amide bonds. The van der Waals surface area contributed by atoms with Crippen LogP contribution in [0.3, 0.4) is 0 Å². The van der Waals surface area contributed by atoms with Crippen LogP contribution in [0.15, 0.2) is 46.9 Å². The maximum absolute atomic E-state index is 6.19. The molecule has 0 radical (unpaired) electrons. The molecular formula is C27H25NO7. The molecule has 180 valence electrons. The summed E-state index contributed by atoms with van der Waals surface area (Å²) in [5.41, 5.74) is 2.59. The zero-order valence-corrected chi connectivity index (χ0v) is 20.3. The normalized spacial score (nSPS) is 11.1. The van der Waals surface area contributed by atoms with Gasteiger partial charge in [-0.25, -0.2) is 4.98 Å². The maximum Gasteiger partial charge on any atom is 0.228 e. The van der Waals surface area contributed by atoms with Gasteiger partial charge in [-0.1, -0.05) is 0 Å². The van der Waals surface area contributed by atoms with Gasteiger partial charge in [0.2, 0.25) is 11.5 Å². The SMILES string of the molecule is COc1ccc2oc3nc(-c4ccc(OC)c(OC)c4)c4c(OC)c(OC)c(OC)cc4c3c2c1. The number of ether oxygens (including phenoxy) is 6. The molecule has 0 aliphatic rings. The van der Waals surface area contributed by atoms with Gasteiger partial charge in [-0.2, -0.15) is 0 Å². The smallest absolute Gasteiger partial charge is 0.228 e. The molecule has 0 saturated carbocycles. The first-order valence-corrected chi connectivity index (χ1v) is 10.8. The first-order chi connectivity index (χ1) is 17.1. The van der Waals surface area contributed by atoms with Crippen LogP contribution in [0.4, 0.5) is 0 Å². The van der Waals surface area contributed by atoms with Crippen LogP contribution in [-0.2, 0) is 0 Å². The summed E-state index contributed by atoms with van der Waals surface area (Å²) >= 11 is 0. The standard InChI is InChI=1S/C27H25NO7/c1-29-15-8-10-18-16(12-15)22-17-13-21(32-4)25(33-5)26(34-6)23(17)24(28-27(22)35-18)14-7-9-19(30-2)20(11-14)31-3/h7-13H,1-6H3. The minimum Gasteiger partial charge on any atom is -0.497 e. The van der Waals surface area contributed by atoms with Gasteiger partial charge in [0.1, 0.15) is 11.3 Å². The monoisotopic (exact) mass is 475 g/mol. The molecule has 0 aliphatic heterocycles. The van der Waals surface area contributed by atoms with Crippen molar-refractivity contribution in [1.29, 1.82) is 0 Å². The third kappa shape index (κ3) is 3.41. The van der Waals surface area contributed by atoms with Crippen molar-refractivity contribution in [3.8, 4) is 45.8 Å². The van der Waals surface area contributed by atoms with Gasteiger partial charge in [-0.05, 0) is 42.5 Å². The van der Waals surface area contributed by atoms with Crippen LogP contribution in [0.5, 0.6) is 34.5 Å². The van der Waals surface area contributed by atoms with Crippen LogP contribution in [-0.4, -0.2) is 47.6 Å². The van der Waals surface area contributed by atoms with Crippen LogP contribution < -0.4 is 28.4 Å². The number of furan rings is 1. The summed E-state index contributed by atoms with van der Waals surface area (Å²) in [5, 5.41) is 3.26. The van der Waals surface area contributed by atoms with E-state index in [0.717, 1.165) is 27.1 Å². The molecule has 3 aromatic carbocycles. The third-order valence-electron chi connectivity index (χ3n) is 6.08. The van der Waals surface area contributed by atoms with Gasteiger partial charge in [0, 0.05) is 16.3 Å². The van der Waals surface area contributed by atoms with Gasteiger partial charge < -0.3 is 32.8 Å². The molecule has 0 aliphatic carbocycles. The molecule has 8 heteroatoms. The molecule has 0 spiro atoms. The topological polar surface area (TPSA) is 81.4 Å². The highest BCUT2D eigenvalue weighted by Gasteiger charge is 2.25. The lowest BCUT2D eigenvalue weighted by Crippen LogP contribution is -1.99. The molecule has 0 atom stereocenters. The average Bonchev–Trinajstić information content (AvgIpc) is 3.28. The number of methoxy groups -OCH3 is 6. The summed E-state index contributed by atoms with van der Waals surface area (Å²) in [4.78, 5) is 4.96. The minimum atomic E-state index is 0.468. The summed E-state index contributed by atoms with van der Waals surface area (Å²) in [5.74, 6) is 3.40. The summed E-state index contributed by atoms with van der Waals surface area (Å²) < 4.78 is 39.9. The van der Waals surface area contributed by atoms with Gasteiger partial charge in [0.25, 0.3) is 0 Å². The van der Waals surface area contributed by atoms with E-state index in [1.54, 1.807) is 42.7 Å². The molecule has 5 aromatic rings. The summed E-state index contributed by atoms with van der Waals surface area (Å²) in [6, 6.07) is 13.2. The van der Waals surface area contributed by atoms with Gasteiger partial charge in [0.05, 0.1) is 59.1 Å². The predicted octanol–water partition coefficient (Wildman–Crippen LogP) is 5.85. The number of rotatable bonds is 7. The van der Waals surface area contributed by atoms with E-state index in [9.17, 15) is 0 Å². The van der Waals surface area contributed by atoms with Crippen molar-refractivity contribution in [3.63, 3.8) is 0 Å². The Morgan fingerprint density at radius 1 is 0.600 bits per heavy atom. The number of hydrogen-bond acceptors (Lipinski definition) is 8. The van der Waals surface area contributed by atoms with Crippen molar-refractivity contribution >= 4 is 32.8 Å². The highest BCUT2D eigenvalue weighted by atomic mass is 16.5. The van der Waals surface area contributed by atoms with E-state index in [2.05, 4.69) is 0 Å². The highest BCUT2D eigenvalue weighted by molar-refractivity contribution is 6.22. The number of fused-ring (bicyclic) bond motifs is 5. The second-order valence-corrected chi connectivity index (χ2v) is 7.74. The number of pyridine rings is 1. The first kappa shape index (κ1) is 22.5. The van der Waals surface area contributed by atoms with Gasteiger partial charge in [0.15, 0.2) is 23.0 Å². The summed E-state index contributed by atoms with van der Waals surface area (Å²) in [6.45, 7) is 0. The van der Waals surface area contributed by atoms with Crippen molar-refractivity contribution in [2.75, 3.05) is 42.7 Å². The van der Waals surface area contributed by atoms with Gasteiger partial charge in [-0.3, -0.25) is 0 Å². The van der Waals surface area contributed by atoms with Crippen LogP contribution in [0.25, 0.3) is 44.1 Å². The second kappa shape index (κ2) is 8.79. The molecule has 35 heavy (non-hydrogen) atoms. The lowest BCUT2D eigenvalue weighted by molar-refractivity contribution is 0.327. The maximum atomic E-state index is 6.19. The molecule has 0 N–H and O–H groups in total. The largest absolute Gasteiger partial charge is 0.497 e. The number of hydrogen-bond donors (Lipinski definition) is 0. The van der Waals surface area contributed by atoms with Crippen LogP contribution >= 0.6 is 0 Å². The summed E-state index contributed by atoms with van der Waals surface area (Å²) in [7, 11) is 9.58. The molecular weight excluding hydrogens is 450 g/mol. The molecule has 2 heterocycles. The predicted molar refractivity (Wildman–Crippen MR) is 134 cm³/mol. The zero-order chi connectivity index (χ0) is 24.7. The van der Waals surface area contributed by atoms with Crippen molar-refractivity contribution in [2.45, 2.75) is 0 Å². The molecule has 0 fully saturated rings. The van der Waals surface area contributed by atoms with E-state index in [1.807, 2.05) is 42.5 Å². The first-order valence-electron chi connectivity index (χ1n) is 10.8. The Hall–Kier alpha value is -4.33. The Kier molecular flexibility index (Phi) is 5.64. The Morgan fingerprint density at radius 3 is 2.00 bits per heavy atom. The van der Waals surface area contributed by atoms with Crippen LogP contribution in [0.1, 0.15) is 0 Å². The number of nitrogens with zero attached hydrogens (tertiary/aromatic N) is 1. The lowest BCUT2D eigenvalue weighted by Gasteiger charge is -2.18. The van der Waals surface area contributed by atoms with Crippen LogP contribution in [0, 0.1) is 0 Å². The Labute approximate surface area is 201 Å². The highest BCUT2D eigenvalue weighted by Crippen LogP contribution is 2.50. The number of benzene rings is 3. The zero-order valence-electron chi connectivity index (χ0n) is 20.3. The molecule has 0 saturated heterocycles. The fourth-order valence-electron chi connectivity index (χ4n) is 4.47. The fraction of sp³-hybridized carbons (Fsp3) is 0.222. The molecule has 0 bridgehead atoms. The molecule has 5 rings (SSSR count). The molecule has 8 nitrogen and oxygen atoms in total. The van der Waals surface area contributed by atoms with E-state index in [0.29, 0.717) is 51.5 Å². The average molecular weight is 475 g/mol. The lowest BCUT2D eigenvalue weighted by atomic mass is 9.98. The van der Waals surface area contributed by atoms with Crippen molar-refractivity contribution < 1.29 is 32.8 Å². The minimum absolute atomic E-state index is 0.468. The Bertz CT molecular complexity index is 1570. The van der Waals surface area contributed by atoms with Gasteiger partial charge >= 0.3 is 0 Å². The molecule has 2 aromatic heterocycles. The Morgan fingerprint density at radius 2 is 1.34 bits per heavy atom. The van der Waals surface area contributed by atoms with Gasteiger partial charge in [-0.15, -0.1) is 0 Å². The quantitative estimate of drug-likeness (QED) is 0.290. The van der Waals surface area contributed by atoms with Crippen molar-refractivity contribution in [3.05, 3.63) is 42.5 Å². The third-order valence-corrected chi connectivity index (χ3v) is 6.08. The van der Waals surface area contributed by atoms with Crippen molar-refractivity contribution in [1.82, 2.24) is 4.98 Å². The van der Waals surface area contributed by atoms with E-state index in [-0.39, 0.29) is 0 Å². The van der Waals surface area contributed by atoms with Crippen LogP contribution in [0.2, 0.25) is 0 Å². The molecule has 0 unspecified atom stereocenters. The van der Waals surface area contributed by atoms with E-state index < -0.39 is 0 Å². The Balaban J connectivity index is 1.99. The summed E-state index contributed by atoms with van der Waals surface area (Å²) in [6.07, 6.45) is 0. The fourth-order valence-corrected chi connectivity index (χ4v) is 4.47. The van der Waals surface area contributed by atoms with E-state index >= 15 is 0 Å². The second-order valence-electron chi connectivity index (χ2n) is 7.74. The van der Waals surface area contributed by atoms with E-state index in [4.69, 9.17) is 37.8 Å². The number of aromatic nitrogens is 1. The van der Waals surface area contributed by atoms with Crippen molar-refractivity contribution in [2.24, 2.45) is 0 Å².